The first-order valence-corrected chi connectivity index (χ1v) is 9.07. The van der Waals surface area contributed by atoms with Crippen LogP contribution in [0.4, 0.5) is 5.69 Å². The van der Waals surface area contributed by atoms with Gasteiger partial charge in [-0.1, -0.05) is 27.2 Å². The minimum atomic E-state index is -0.798. The number of carbonyl (C=O) groups excluding carboxylic acids is 1. The molecule has 0 spiro atoms. The summed E-state index contributed by atoms with van der Waals surface area (Å²) in [7, 11) is 0. The molecule has 0 aliphatic rings. The maximum absolute atomic E-state index is 12.6. The van der Waals surface area contributed by atoms with E-state index in [1.165, 1.54) is 0 Å². The fraction of sp³-hybridized carbons (Fsp3) is 0.650. The van der Waals surface area contributed by atoms with Gasteiger partial charge in [-0.3, -0.25) is 4.79 Å². The van der Waals surface area contributed by atoms with E-state index in [1.54, 1.807) is 0 Å². The molecule has 0 aliphatic carbocycles. The van der Waals surface area contributed by atoms with Gasteiger partial charge in [-0.25, -0.2) is 0 Å². The van der Waals surface area contributed by atoms with Crippen molar-refractivity contribution in [3.8, 4) is 5.75 Å². The quantitative estimate of drug-likeness (QED) is 0.611. The highest BCUT2D eigenvalue weighted by Gasteiger charge is 2.32. The number of carbonyl (C=O) groups is 1. The minimum Gasteiger partial charge on any atom is -0.493 e. The van der Waals surface area contributed by atoms with Crippen LogP contribution in [0.1, 0.15) is 64.5 Å². The number of amides is 1. The van der Waals surface area contributed by atoms with E-state index in [2.05, 4.69) is 12.2 Å². The van der Waals surface area contributed by atoms with E-state index in [-0.39, 0.29) is 5.91 Å². The number of benzene rings is 1. The molecule has 0 bridgehead atoms. The van der Waals surface area contributed by atoms with Gasteiger partial charge in [-0.15, -0.1) is 0 Å². The van der Waals surface area contributed by atoms with Gasteiger partial charge in [-0.05, 0) is 63.3 Å². The van der Waals surface area contributed by atoms with Crippen molar-refractivity contribution >= 4 is 11.6 Å². The lowest BCUT2D eigenvalue weighted by atomic mass is 10.0. The molecule has 136 valence electrons. The number of rotatable bonds is 10. The molecule has 1 aromatic rings. The van der Waals surface area contributed by atoms with Gasteiger partial charge in [0, 0.05) is 12.3 Å². The lowest BCUT2D eigenvalue weighted by molar-refractivity contribution is -0.139. The summed E-state index contributed by atoms with van der Waals surface area (Å²) in [5.41, 5.74) is 2.06. The monoisotopic (exact) mass is 335 g/mol. The Bertz CT molecular complexity index is 519. The zero-order chi connectivity index (χ0) is 18.2. The predicted octanol–water partition coefficient (Wildman–Crippen LogP) is 5.02. The fourth-order valence-electron chi connectivity index (χ4n) is 2.49. The molecule has 0 fully saturated rings. The first kappa shape index (κ1) is 20.5. The van der Waals surface area contributed by atoms with Crippen LogP contribution in [-0.4, -0.2) is 24.7 Å². The van der Waals surface area contributed by atoms with Crippen molar-refractivity contribution in [2.75, 3.05) is 18.5 Å². The molecule has 4 heteroatoms. The van der Waals surface area contributed by atoms with Crippen molar-refractivity contribution in [2.45, 2.75) is 72.8 Å². The Morgan fingerprint density at radius 2 is 1.71 bits per heavy atom. The number of ether oxygens (including phenoxy) is 2. The highest BCUT2D eigenvalue weighted by Crippen LogP contribution is 2.28. The van der Waals surface area contributed by atoms with Crippen LogP contribution < -0.4 is 10.1 Å². The summed E-state index contributed by atoms with van der Waals surface area (Å²) in [5, 5.41) is 3.00. The summed E-state index contributed by atoms with van der Waals surface area (Å²) >= 11 is 0. The van der Waals surface area contributed by atoms with Crippen molar-refractivity contribution in [1.82, 2.24) is 0 Å². The Balaban J connectivity index is 2.86. The average Bonchev–Trinajstić information content (AvgIpc) is 2.55. The summed E-state index contributed by atoms with van der Waals surface area (Å²) in [6, 6.07) is 3.92. The molecule has 0 saturated carbocycles. The summed E-state index contributed by atoms with van der Waals surface area (Å²) in [4.78, 5) is 12.6. The molecule has 0 aliphatic heterocycles. The highest BCUT2D eigenvalue weighted by molar-refractivity contribution is 5.97. The number of hydrogen-bond acceptors (Lipinski definition) is 3. The Labute approximate surface area is 146 Å². The molecule has 0 radical (unpaired) electrons. The largest absolute Gasteiger partial charge is 0.493 e. The van der Waals surface area contributed by atoms with Gasteiger partial charge < -0.3 is 14.8 Å². The Morgan fingerprint density at radius 3 is 2.21 bits per heavy atom. The van der Waals surface area contributed by atoms with E-state index in [0.717, 1.165) is 48.4 Å². The van der Waals surface area contributed by atoms with E-state index < -0.39 is 5.60 Å². The van der Waals surface area contributed by atoms with E-state index in [4.69, 9.17) is 9.47 Å². The first-order valence-electron chi connectivity index (χ1n) is 9.07. The number of anilines is 1. The van der Waals surface area contributed by atoms with Gasteiger partial charge in [0.05, 0.1) is 6.61 Å². The zero-order valence-corrected chi connectivity index (χ0v) is 16.1. The third-order valence-electron chi connectivity index (χ3n) is 4.24. The molecule has 1 rings (SSSR count). The molecule has 1 atom stereocenters. The molecular weight excluding hydrogens is 302 g/mol. The molecule has 24 heavy (non-hydrogen) atoms. The molecule has 1 amide bonds. The van der Waals surface area contributed by atoms with Gasteiger partial charge in [0.25, 0.3) is 5.91 Å². The summed E-state index contributed by atoms with van der Waals surface area (Å²) in [5.74, 6) is 0.818. The lowest BCUT2D eigenvalue weighted by Crippen LogP contribution is -2.42. The highest BCUT2D eigenvalue weighted by atomic mass is 16.5. The molecular formula is C20H33NO3. The number of aryl methyl sites for hydroxylation is 2. The SMILES string of the molecule is CCCCOc1c(C)cc(NC(=O)[C@](C)(CC)OCCC)cc1C. The second kappa shape index (κ2) is 9.67. The molecule has 0 heterocycles. The smallest absolute Gasteiger partial charge is 0.256 e. The van der Waals surface area contributed by atoms with Crippen LogP contribution in [0.5, 0.6) is 5.75 Å². The van der Waals surface area contributed by atoms with Gasteiger partial charge in [0.2, 0.25) is 0 Å². The molecule has 1 N–H and O–H groups in total. The maximum Gasteiger partial charge on any atom is 0.256 e. The summed E-state index contributed by atoms with van der Waals surface area (Å²) in [6.07, 6.45) is 3.68. The van der Waals surface area contributed by atoms with Crippen molar-refractivity contribution < 1.29 is 14.3 Å². The topological polar surface area (TPSA) is 47.6 Å². The number of unbranched alkanes of at least 4 members (excludes halogenated alkanes) is 1. The second-order valence-corrected chi connectivity index (χ2v) is 6.53. The van der Waals surface area contributed by atoms with Gasteiger partial charge in [-0.2, -0.15) is 0 Å². The van der Waals surface area contributed by atoms with E-state index in [1.807, 2.05) is 46.8 Å². The number of hydrogen-bond donors (Lipinski definition) is 1. The van der Waals surface area contributed by atoms with Crippen molar-refractivity contribution in [2.24, 2.45) is 0 Å². The Morgan fingerprint density at radius 1 is 1.08 bits per heavy atom. The molecule has 0 unspecified atom stereocenters. The van der Waals surface area contributed by atoms with Crippen molar-refractivity contribution in [3.63, 3.8) is 0 Å². The van der Waals surface area contributed by atoms with Crippen LogP contribution in [0.25, 0.3) is 0 Å². The number of nitrogens with one attached hydrogen (secondary N) is 1. The van der Waals surface area contributed by atoms with E-state index in [9.17, 15) is 4.79 Å². The molecule has 0 saturated heterocycles. The predicted molar refractivity (Wildman–Crippen MR) is 99.9 cm³/mol. The molecule has 4 nitrogen and oxygen atoms in total. The van der Waals surface area contributed by atoms with Crippen LogP contribution in [0, 0.1) is 13.8 Å². The normalized spacial score (nSPS) is 13.4. The zero-order valence-electron chi connectivity index (χ0n) is 16.1. The van der Waals surface area contributed by atoms with Gasteiger partial charge in [0.15, 0.2) is 0 Å². The standard InChI is InChI=1S/C20H33NO3/c1-7-10-12-23-18-15(4)13-17(14-16(18)5)21-19(22)20(6,9-3)24-11-8-2/h13-14H,7-12H2,1-6H3,(H,21,22)/t20-/m0/s1. The van der Waals surface area contributed by atoms with Gasteiger partial charge >= 0.3 is 0 Å². The summed E-state index contributed by atoms with van der Waals surface area (Å²) in [6.45, 7) is 13.3. The van der Waals surface area contributed by atoms with Crippen LogP contribution in [0.2, 0.25) is 0 Å². The Hall–Kier alpha value is -1.55. The molecule has 0 aromatic heterocycles. The average molecular weight is 335 g/mol. The van der Waals surface area contributed by atoms with Crippen LogP contribution in [0.15, 0.2) is 12.1 Å². The van der Waals surface area contributed by atoms with Crippen LogP contribution in [-0.2, 0) is 9.53 Å². The van der Waals surface area contributed by atoms with Crippen molar-refractivity contribution in [1.29, 1.82) is 0 Å². The summed E-state index contributed by atoms with van der Waals surface area (Å²) < 4.78 is 11.6. The molecule has 1 aromatic carbocycles. The Kier molecular flexibility index (Phi) is 8.26. The van der Waals surface area contributed by atoms with Crippen molar-refractivity contribution in [3.05, 3.63) is 23.3 Å². The lowest BCUT2D eigenvalue weighted by Gasteiger charge is -2.27. The fourth-order valence-corrected chi connectivity index (χ4v) is 2.49. The van der Waals surface area contributed by atoms with Gasteiger partial charge in [0.1, 0.15) is 11.4 Å². The van der Waals surface area contributed by atoms with Crippen LogP contribution in [0.3, 0.4) is 0 Å². The maximum atomic E-state index is 12.6. The second-order valence-electron chi connectivity index (χ2n) is 6.53. The third-order valence-corrected chi connectivity index (χ3v) is 4.24. The third kappa shape index (κ3) is 5.52. The minimum absolute atomic E-state index is 0.100. The van der Waals surface area contributed by atoms with Crippen LogP contribution >= 0.6 is 0 Å². The van der Waals surface area contributed by atoms with E-state index in [0.29, 0.717) is 13.0 Å². The first-order chi connectivity index (χ1) is 11.4. The van der Waals surface area contributed by atoms with E-state index >= 15 is 0 Å².